The first-order valence-corrected chi connectivity index (χ1v) is 9.02. The molecule has 3 rings (SSSR count). The van der Waals surface area contributed by atoms with Gasteiger partial charge in [-0.15, -0.1) is 0 Å². The van der Waals surface area contributed by atoms with E-state index in [1.807, 2.05) is 0 Å². The number of amides is 2. The van der Waals surface area contributed by atoms with Crippen LogP contribution in [0.3, 0.4) is 0 Å². The van der Waals surface area contributed by atoms with E-state index in [1.165, 1.54) is 48.5 Å². The molecule has 32 heavy (non-hydrogen) atoms. The number of hydrogen-bond acceptors (Lipinski definition) is 2. The molecule has 0 unspecified atom stereocenters. The average molecular weight is 452 g/mol. The summed E-state index contributed by atoms with van der Waals surface area (Å²) in [4.78, 5) is 25.5. The Balaban J connectivity index is 2.19. The van der Waals surface area contributed by atoms with Crippen molar-refractivity contribution in [3.05, 3.63) is 95.1 Å². The molecule has 0 aliphatic heterocycles. The molecule has 3 aromatic rings. The number of hydrogen-bond donors (Lipinski definition) is 2. The van der Waals surface area contributed by atoms with Gasteiger partial charge in [-0.1, -0.05) is 36.4 Å². The van der Waals surface area contributed by atoms with Crippen molar-refractivity contribution in [2.45, 2.75) is 12.4 Å². The van der Waals surface area contributed by atoms with Crippen LogP contribution in [0.4, 0.5) is 37.7 Å². The van der Waals surface area contributed by atoms with E-state index in [1.54, 1.807) is 12.1 Å². The first kappa shape index (κ1) is 22.9. The molecule has 2 N–H and O–H groups in total. The largest absolute Gasteiger partial charge is 0.417 e. The zero-order valence-electron chi connectivity index (χ0n) is 16.0. The highest BCUT2D eigenvalue weighted by Crippen LogP contribution is 2.43. The van der Waals surface area contributed by atoms with E-state index in [0.29, 0.717) is 6.07 Å². The normalized spacial score (nSPS) is 11.7. The molecule has 2 amide bonds. The van der Waals surface area contributed by atoms with E-state index in [-0.39, 0.29) is 17.4 Å². The maximum atomic E-state index is 13.8. The quantitative estimate of drug-likeness (QED) is 0.461. The highest BCUT2D eigenvalue weighted by atomic mass is 19.4. The molecule has 0 fully saturated rings. The highest BCUT2D eigenvalue weighted by molar-refractivity contribution is 6.16. The number of alkyl halides is 6. The van der Waals surface area contributed by atoms with E-state index in [9.17, 15) is 35.9 Å². The van der Waals surface area contributed by atoms with Gasteiger partial charge in [0.1, 0.15) is 0 Å². The molecule has 0 aliphatic rings. The smallest absolute Gasteiger partial charge is 0.322 e. The molecule has 0 atom stereocenters. The predicted molar refractivity (Wildman–Crippen MR) is 105 cm³/mol. The van der Waals surface area contributed by atoms with E-state index >= 15 is 0 Å². The van der Waals surface area contributed by atoms with Crippen LogP contribution in [0, 0.1) is 0 Å². The lowest BCUT2D eigenvalue weighted by Gasteiger charge is -2.21. The Morgan fingerprint density at radius 1 is 0.594 bits per heavy atom. The Bertz CT molecular complexity index is 1130. The van der Waals surface area contributed by atoms with E-state index in [2.05, 4.69) is 10.6 Å². The zero-order chi connectivity index (χ0) is 23.5. The minimum absolute atomic E-state index is 0.0393. The molecule has 10 heteroatoms. The molecule has 3 aromatic carbocycles. The van der Waals surface area contributed by atoms with Crippen molar-refractivity contribution in [1.82, 2.24) is 0 Å². The summed E-state index contributed by atoms with van der Waals surface area (Å²) in [6.45, 7) is 0. The van der Waals surface area contributed by atoms with Crippen molar-refractivity contribution in [1.29, 1.82) is 0 Å². The van der Waals surface area contributed by atoms with E-state index in [4.69, 9.17) is 0 Å². The summed E-state index contributed by atoms with van der Waals surface area (Å²) in [5.41, 5.74) is -6.37. The van der Waals surface area contributed by atoms with Crippen LogP contribution in [0.25, 0.3) is 0 Å². The molecule has 0 aliphatic carbocycles. The third-order valence-corrected chi connectivity index (χ3v) is 4.33. The Hall–Kier alpha value is -3.82. The SMILES string of the molecule is O=C(Nc1ccccc1)c1ccc(C(F)(F)F)c(C(F)(F)F)c1C(=O)Nc1ccccc1. The third-order valence-electron chi connectivity index (χ3n) is 4.33. The van der Waals surface area contributed by atoms with Gasteiger partial charge in [-0.2, -0.15) is 26.3 Å². The Kier molecular flexibility index (Phi) is 6.24. The van der Waals surface area contributed by atoms with Gasteiger partial charge in [0.15, 0.2) is 0 Å². The van der Waals surface area contributed by atoms with Gasteiger partial charge in [-0.3, -0.25) is 9.59 Å². The van der Waals surface area contributed by atoms with Gasteiger partial charge < -0.3 is 10.6 Å². The first-order valence-electron chi connectivity index (χ1n) is 9.02. The number of halogens is 6. The third kappa shape index (κ3) is 5.08. The lowest BCUT2D eigenvalue weighted by atomic mass is 9.93. The number of anilines is 2. The predicted octanol–water partition coefficient (Wildman–Crippen LogP) is 6.23. The molecule has 0 saturated carbocycles. The zero-order valence-corrected chi connectivity index (χ0v) is 16.0. The van der Waals surface area contributed by atoms with Crippen LogP contribution in [-0.2, 0) is 12.4 Å². The average Bonchev–Trinajstić information content (AvgIpc) is 2.72. The number of rotatable bonds is 4. The lowest BCUT2D eigenvalue weighted by Crippen LogP contribution is -2.28. The minimum Gasteiger partial charge on any atom is -0.322 e. The summed E-state index contributed by atoms with van der Waals surface area (Å²) in [6.07, 6.45) is -11.0. The summed E-state index contributed by atoms with van der Waals surface area (Å²) < 4.78 is 81.6. The van der Waals surface area contributed by atoms with Crippen LogP contribution in [0.5, 0.6) is 0 Å². The van der Waals surface area contributed by atoms with Crippen LogP contribution in [-0.4, -0.2) is 11.8 Å². The number of benzene rings is 3. The first-order chi connectivity index (χ1) is 15.0. The van der Waals surface area contributed by atoms with Gasteiger partial charge in [0.2, 0.25) is 0 Å². The van der Waals surface area contributed by atoms with Gasteiger partial charge in [-0.25, -0.2) is 0 Å². The van der Waals surface area contributed by atoms with Gasteiger partial charge >= 0.3 is 12.4 Å². The number of para-hydroxylation sites is 2. The van der Waals surface area contributed by atoms with Gasteiger partial charge in [-0.05, 0) is 36.4 Å². The highest BCUT2D eigenvalue weighted by Gasteiger charge is 2.47. The second-order valence-electron chi connectivity index (χ2n) is 6.55. The summed E-state index contributed by atoms with van der Waals surface area (Å²) in [5.74, 6) is -2.68. The second kappa shape index (κ2) is 8.74. The molecular formula is C22H14F6N2O2. The summed E-state index contributed by atoms with van der Waals surface area (Å²) in [6, 6.07) is 15.4. The molecular weight excluding hydrogens is 438 g/mol. The van der Waals surface area contributed by atoms with Crippen LogP contribution >= 0.6 is 0 Å². The van der Waals surface area contributed by atoms with Crippen molar-refractivity contribution in [3.63, 3.8) is 0 Å². The monoisotopic (exact) mass is 452 g/mol. The fourth-order valence-corrected chi connectivity index (χ4v) is 2.99. The number of nitrogens with one attached hydrogen (secondary N) is 2. The molecule has 0 bridgehead atoms. The summed E-state index contributed by atoms with van der Waals surface area (Å²) in [5, 5.41) is 4.41. The van der Waals surface area contributed by atoms with Crippen molar-refractivity contribution in [3.8, 4) is 0 Å². The van der Waals surface area contributed by atoms with Crippen LogP contribution in [0.15, 0.2) is 72.8 Å². The van der Waals surface area contributed by atoms with Gasteiger partial charge in [0, 0.05) is 11.4 Å². The molecule has 0 aromatic heterocycles. The molecule has 0 radical (unpaired) electrons. The molecule has 0 spiro atoms. The van der Waals surface area contributed by atoms with Crippen molar-refractivity contribution < 1.29 is 35.9 Å². The fourth-order valence-electron chi connectivity index (χ4n) is 2.99. The molecule has 0 saturated heterocycles. The van der Waals surface area contributed by atoms with Crippen LogP contribution in [0.1, 0.15) is 31.8 Å². The molecule has 166 valence electrons. The van der Waals surface area contributed by atoms with Crippen LogP contribution < -0.4 is 10.6 Å². The second-order valence-corrected chi connectivity index (χ2v) is 6.55. The Labute approximate surface area is 177 Å². The van der Waals surface area contributed by atoms with E-state index in [0.717, 1.165) is 0 Å². The van der Waals surface area contributed by atoms with Gasteiger partial charge in [0.25, 0.3) is 11.8 Å². The van der Waals surface area contributed by atoms with Crippen molar-refractivity contribution >= 4 is 23.2 Å². The topological polar surface area (TPSA) is 58.2 Å². The maximum Gasteiger partial charge on any atom is 0.417 e. The van der Waals surface area contributed by atoms with E-state index < -0.39 is 46.4 Å². The fraction of sp³-hybridized carbons (Fsp3) is 0.0909. The Morgan fingerprint density at radius 3 is 1.50 bits per heavy atom. The van der Waals surface area contributed by atoms with Crippen molar-refractivity contribution in [2.24, 2.45) is 0 Å². The Morgan fingerprint density at radius 2 is 1.06 bits per heavy atom. The molecule has 0 heterocycles. The minimum atomic E-state index is -5.57. The lowest BCUT2D eigenvalue weighted by molar-refractivity contribution is -0.162. The van der Waals surface area contributed by atoms with Gasteiger partial charge in [0.05, 0.1) is 22.3 Å². The number of carbonyl (C=O) groups excluding carboxylic acids is 2. The standard InChI is InChI=1S/C22H14F6N2O2/c23-21(24,25)16-12-11-15(19(31)29-13-7-3-1-4-8-13)17(18(16)22(26,27)28)20(32)30-14-9-5-2-6-10-14/h1-12H,(H,29,31)(H,30,32). The maximum absolute atomic E-state index is 13.8. The summed E-state index contributed by atoms with van der Waals surface area (Å²) in [7, 11) is 0. The number of carbonyl (C=O) groups is 2. The molecule has 4 nitrogen and oxygen atoms in total. The summed E-state index contributed by atoms with van der Waals surface area (Å²) >= 11 is 0. The van der Waals surface area contributed by atoms with Crippen molar-refractivity contribution in [2.75, 3.05) is 10.6 Å². The van der Waals surface area contributed by atoms with Crippen LogP contribution in [0.2, 0.25) is 0 Å².